The van der Waals surface area contributed by atoms with E-state index < -0.39 is 0 Å². The number of amides is 1. The molecular weight excluding hydrogens is 284 g/mol. The van der Waals surface area contributed by atoms with E-state index in [1.54, 1.807) is 14.2 Å². The van der Waals surface area contributed by atoms with Gasteiger partial charge in [0.05, 0.1) is 7.11 Å². The summed E-state index contributed by atoms with van der Waals surface area (Å²) in [5, 5.41) is 5.79. The van der Waals surface area contributed by atoms with Crippen molar-refractivity contribution in [3.63, 3.8) is 0 Å². The highest BCUT2D eigenvalue weighted by Gasteiger charge is 2.03. The van der Waals surface area contributed by atoms with Crippen LogP contribution in [0.4, 0.5) is 0 Å². The molecule has 0 spiro atoms. The van der Waals surface area contributed by atoms with Crippen molar-refractivity contribution in [1.29, 1.82) is 0 Å². The van der Waals surface area contributed by atoms with Gasteiger partial charge in [0.2, 0.25) is 5.91 Å². The Morgan fingerprint density at radius 2 is 2.24 bits per heavy atom. The summed E-state index contributed by atoms with van der Waals surface area (Å²) >= 11 is 3.42. The molecule has 0 atom stereocenters. The predicted molar refractivity (Wildman–Crippen MR) is 71.1 cm³/mol. The Labute approximate surface area is 110 Å². The minimum Gasteiger partial charge on any atom is -0.496 e. The van der Waals surface area contributed by atoms with Gasteiger partial charge in [-0.2, -0.15) is 0 Å². The maximum Gasteiger partial charge on any atom is 0.221 e. The highest BCUT2D eigenvalue weighted by molar-refractivity contribution is 9.10. The van der Waals surface area contributed by atoms with Gasteiger partial charge in [-0.1, -0.05) is 15.9 Å². The molecule has 0 radical (unpaired) electrons. The fraction of sp³-hybridized carbons (Fsp3) is 0.417. The number of halogens is 1. The standard InChI is InChI=1S/C12H17BrN2O2/c1-14-12(16)5-6-15-8-9-7-10(13)3-4-11(9)17-2/h3-4,7,15H,5-6,8H2,1-2H3,(H,14,16). The van der Waals surface area contributed by atoms with Crippen LogP contribution in [0.15, 0.2) is 22.7 Å². The Hall–Kier alpha value is -1.07. The molecule has 17 heavy (non-hydrogen) atoms. The predicted octanol–water partition coefficient (Wildman–Crippen LogP) is 1.68. The smallest absolute Gasteiger partial charge is 0.221 e. The first-order chi connectivity index (χ1) is 8.17. The summed E-state index contributed by atoms with van der Waals surface area (Å²) in [6.45, 7) is 1.33. The molecule has 0 aliphatic rings. The van der Waals surface area contributed by atoms with Crippen LogP contribution in [0.5, 0.6) is 5.75 Å². The van der Waals surface area contributed by atoms with Crippen LogP contribution < -0.4 is 15.4 Å². The number of benzene rings is 1. The lowest BCUT2D eigenvalue weighted by atomic mass is 10.2. The first kappa shape index (κ1) is 14.0. The van der Waals surface area contributed by atoms with Crippen LogP contribution in [0.25, 0.3) is 0 Å². The van der Waals surface area contributed by atoms with Gasteiger partial charge in [-0.3, -0.25) is 4.79 Å². The number of nitrogens with one attached hydrogen (secondary N) is 2. The molecule has 1 amide bonds. The molecule has 2 N–H and O–H groups in total. The Morgan fingerprint density at radius 1 is 1.47 bits per heavy atom. The Bertz CT molecular complexity index is 383. The molecule has 0 aliphatic heterocycles. The number of methoxy groups -OCH3 is 1. The Balaban J connectivity index is 2.45. The summed E-state index contributed by atoms with van der Waals surface area (Å²) < 4.78 is 6.27. The molecule has 0 aliphatic carbocycles. The molecule has 1 aromatic rings. The quantitative estimate of drug-likeness (QED) is 0.786. The second kappa shape index (κ2) is 7.29. The van der Waals surface area contributed by atoms with Crippen molar-refractivity contribution < 1.29 is 9.53 Å². The Kier molecular flexibility index (Phi) is 6.00. The van der Waals surface area contributed by atoms with Gasteiger partial charge in [0, 0.05) is 36.6 Å². The monoisotopic (exact) mass is 300 g/mol. The summed E-state index contributed by atoms with van der Waals surface area (Å²) in [6, 6.07) is 5.86. The molecule has 5 heteroatoms. The third-order valence-electron chi connectivity index (χ3n) is 2.37. The molecule has 0 saturated heterocycles. The van der Waals surface area contributed by atoms with E-state index in [0.29, 0.717) is 19.5 Å². The molecular formula is C12H17BrN2O2. The molecule has 94 valence electrons. The van der Waals surface area contributed by atoms with Crippen molar-refractivity contribution >= 4 is 21.8 Å². The fourth-order valence-corrected chi connectivity index (χ4v) is 1.84. The van der Waals surface area contributed by atoms with E-state index in [4.69, 9.17) is 4.74 Å². The van der Waals surface area contributed by atoms with Crippen LogP contribution in [0.2, 0.25) is 0 Å². The molecule has 4 nitrogen and oxygen atoms in total. The largest absolute Gasteiger partial charge is 0.496 e. The van der Waals surface area contributed by atoms with Gasteiger partial charge >= 0.3 is 0 Å². The zero-order valence-electron chi connectivity index (χ0n) is 10.0. The first-order valence-corrected chi connectivity index (χ1v) is 6.20. The van der Waals surface area contributed by atoms with E-state index >= 15 is 0 Å². The number of rotatable bonds is 6. The molecule has 0 unspecified atom stereocenters. The summed E-state index contributed by atoms with van der Waals surface area (Å²) in [5.74, 6) is 0.888. The summed E-state index contributed by atoms with van der Waals surface area (Å²) in [6.07, 6.45) is 0.479. The minimum atomic E-state index is 0.0405. The second-order valence-corrected chi connectivity index (χ2v) is 4.47. The lowest BCUT2D eigenvalue weighted by Crippen LogP contribution is -2.24. The van der Waals surface area contributed by atoms with Crippen LogP contribution in [0, 0.1) is 0 Å². The SMILES string of the molecule is CNC(=O)CCNCc1cc(Br)ccc1OC. The average Bonchev–Trinajstić information content (AvgIpc) is 2.34. The zero-order chi connectivity index (χ0) is 12.7. The van der Waals surface area contributed by atoms with Crippen molar-refractivity contribution in [3.8, 4) is 5.75 Å². The lowest BCUT2D eigenvalue weighted by molar-refractivity contribution is -0.120. The minimum absolute atomic E-state index is 0.0405. The first-order valence-electron chi connectivity index (χ1n) is 5.41. The summed E-state index contributed by atoms with van der Waals surface area (Å²) in [4.78, 5) is 11.0. The van der Waals surface area contributed by atoms with Crippen LogP contribution in [-0.4, -0.2) is 26.6 Å². The van der Waals surface area contributed by atoms with E-state index in [9.17, 15) is 4.79 Å². The highest BCUT2D eigenvalue weighted by atomic mass is 79.9. The van der Waals surface area contributed by atoms with Gasteiger partial charge in [-0.15, -0.1) is 0 Å². The van der Waals surface area contributed by atoms with E-state index in [1.807, 2.05) is 18.2 Å². The van der Waals surface area contributed by atoms with Gasteiger partial charge in [0.1, 0.15) is 5.75 Å². The molecule has 0 aromatic heterocycles. The molecule has 0 heterocycles. The topological polar surface area (TPSA) is 50.4 Å². The van der Waals surface area contributed by atoms with Crippen molar-refractivity contribution in [2.75, 3.05) is 20.7 Å². The normalized spacial score (nSPS) is 10.1. The van der Waals surface area contributed by atoms with Crippen molar-refractivity contribution in [2.45, 2.75) is 13.0 Å². The third-order valence-corrected chi connectivity index (χ3v) is 2.86. The van der Waals surface area contributed by atoms with E-state index in [0.717, 1.165) is 15.8 Å². The van der Waals surface area contributed by atoms with Gasteiger partial charge in [-0.05, 0) is 18.2 Å². The zero-order valence-corrected chi connectivity index (χ0v) is 11.6. The van der Waals surface area contributed by atoms with Crippen LogP contribution in [0.3, 0.4) is 0 Å². The number of carbonyl (C=O) groups is 1. The number of ether oxygens (including phenoxy) is 1. The Morgan fingerprint density at radius 3 is 2.88 bits per heavy atom. The molecule has 0 saturated carbocycles. The average molecular weight is 301 g/mol. The van der Waals surface area contributed by atoms with E-state index in [1.165, 1.54) is 0 Å². The van der Waals surface area contributed by atoms with Crippen molar-refractivity contribution in [3.05, 3.63) is 28.2 Å². The van der Waals surface area contributed by atoms with Crippen LogP contribution in [-0.2, 0) is 11.3 Å². The molecule has 0 fully saturated rings. The summed E-state index contributed by atoms with van der Waals surface area (Å²) in [7, 11) is 3.29. The van der Waals surface area contributed by atoms with Crippen LogP contribution in [0.1, 0.15) is 12.0 Å². The maximum atomic E-state index is 11.0. The summed E-state index contributed by atoms with van der Waals surface area (Å²) in [5.41, 5.74) is 1.07. The molecule has 0 bridgehead atoms. The third kappa shape index (κ3) is 4.75. The number of hydrogen-bond acceptors (Lipinski definition) is 3. The molecule has 1 rings (SSSR count). The highest BCUT2D eigenvalue weighted by Crippen LogP contribution is 2.22. The van der Waals surface area contributed by atoms with E-state index in [-0.39, 0.29) is 5.91 Å². The van der Waals surface area contributed by atoms with E-state index in [2.05, 4.69) is 26.6 Å². The number of hydrogen-bond donors (Lipinski definition) is 2. The van der Waals surface area contributed by atoms with Crippen molar-refractivity contribution in [1.82, 2.24) is 10.6 Å². The fourth-order valence-electron chi connectivity index (χ4n) is 1.44. The lowest BCUT2D eigenvalue weighted by Gasteiger charge is -2.10. The van der Waals surface area contributed by atoms with Crippen molar-refractivity contribution in [2.24, 2.45) is 0 Å². The van der Waals surface area contributed by atoms with Gasteiger partial charge < -0.3 is 15.4 Å². The van der Waals surface area contributed by atoms with Crippen LogP contribution >= 0.6 is 15.9 Å². The number of carbonyl (C=O) groups excluding carboxylic acids is 1. The van der Waals surface area contributed by atoms with Gasteiger partial charge in [0.25, 0.3) is 0 Å². The van der Waals surface area contributed by atoms with Gasteiger partial charge in [0.15, 0.2) is 0 Å². The van der Waals surface area contributed by atoms with Gasteiger partial charge in [-0.25, -0.2) is 0 Å². The maximum absolute atomic E-state index is 11.0. The molecule has 1 aromatic carbocycles. The second-order valence-electron chi connectivity index (χ2n) is 3.56.